The average molecular weight is 368 g/mol. The van der Waals surface area contributed by atoms with Crippen molar-refractivity contribution in [1.29, 1.82) is 5.26 Å². The zero-order valence-electron chi connectivity index (χ0n) is 14.6. The Morgan fingerprint density at radius 1 is 1.38 bits per heavy atom. The third-order valence-corrected chi connectivity index (χ3v) is 5.79. The van der Waals surface area contributed by atoms with E-state index < -0.39 is 11.9 Å². The summed E-state index contributed by atoms with van der Waals surface area (Å²) in [4.78, 5) is 26.0. The molecule has 1 amide bonds. The minimum Gasteiger partial charge on any atom is -0.451 e. The molecule has 134 valence electrons. The van der Waals surface area contributed by atoms with Crippen LogP contribution < -0.4 is 5.32 Å². The number of anilines is 1. The molecule has 2 aromatic rings. The quantitative estimate of drug-likeness (QED) is 0.811. The lowest BCUT2D eigenvalue weighted by atomic mass is 9.87. The maximum atomic E-state index is 12.2. The topological polar surface area (TPSA) is 79.2 Å². The van der Waals surface area contributed by atoms with E-state index in [0.717, 1.165) is 19.3 Å². The molecule has 1 atom stereocenters. The van der Waals surface area contributed by atoms with Crippen LogP contribution in [0, 0.1) is 17.2 Å². The van der Waals surface area contributed by atoms with Gasteiger partial charge in [-0.05, 0) is 55.0 Å². The van der Waals surface area contributed by atoms with Gasteiger partial charge in [0.1, 0.15) is 4.88 Å². The number of aryl methyl sites for hydroxylation is 1. The molecule has 6 heteroatoms. The molecule has 0 unspecified atom stereocenters. The Morgan fingerprint density at radius 2 is 2.23 bits per heavy atom. The number of carbonyl (C=O) groups excluding carboxylic acids is 2. The summed E-state index contributed by atoms with van der Waals surface area (Å²) >= 11 is 1.47. The first-order chi connectivity index (χ1) is 12.6. The molecular formula is C20H20N2O3S. The maximum Gasteiger partial charge on any atom is 0.348 e. The highest BCUT2D eigenvalue weighted by Gasteiger charge is 2.23. The fourth-order valence-corrected chi connectivity index (χ4v) is 4.22. The van der Waals surface area contributed by atoms with Gasteiger partial charge < -0.3 is 10.1 Å². The summed E-state index contributed by atoms with van der Waals surface area (Å²) in [6.07, 6.45) is 4.36. The lowest BCUT2D eigenvalue weighted by Crippen LogP contribution is -2.20. The van der Waals surface area contributed by atoms with Crippen LogP contribution in [0.1, 0.15) is 45.4 Å². The molecule has 1 N–H and O–H groups in total. The van der Waals surface area contributed by atoms with Crippen molar-refractivity contribution in [2.24, 2.45) is 5.92 Å². The normalized spacial score (nSPS) is 15.6. The second-order valence-electron chi connectivity index (χ2n) is 6.39. The van der Waals surface area contributed by atoms with Crippen molar-refractivity contribution in [3.8, 4) is 6.07 Å². The van der Waals surface area contributed by atoms with Crippen LogP contribution in [0.4, 0.5) is 5.69 Å². The van der Waals surface area contributed by atoms with Gasteiger partial charge in [0.05, 0.1) is 11.6 Å². The molecule has 0 aliphatic heterocycles. The van der Waals surface area contributed by atoms with Crippen molar-refractivity contribution in [3.05, 3.63) is 51.2 Å². The number of nitriles is 1. The van der Waals surface area contributed by atoms with E-state index in [9.17, 15) is 9.59 Å². The molecule has 1 heterocycles. The number of thiophene rings is 1. The van der Waals surface area contributed by atoms with Crippen LogP contribution in [0.5, 0.6) is 0 Å². The monoisotopic (exact) mass is 368 g/mol. The van der Waals surface area contributed by atoms with E-state index in [1.165, 1.54) is 28.2 Å². The van der Waals surface area contributed by atoms with Crippen molar-refractivity contribution < 1.29 is 14.3 Å². The second kappa shape index (κ2) is 8.15. The van der Waals surface area contributed by atoms with E-state index in [4.69, 9.17) is 10.00 Å². The van der Waals surface area contributed by atoms with Gasteiger partial charge in [-0.2, -0.15) is 5.26 Å². The Labute approximate surface area is 156 Å². The maximum absolute atomic E-state index is 12.2. The molecule has 0 fully saturated rings. The first kappa shape index (κ1) is 18.2. The number of carbonyl (C=O) groups is 2. The summed E-state index contributed by atoms with van der Waals surface area (Å²) in [5.41, 5.74) is 2.20. The van der Waals surface area contributed by atoms with Gasteiger partial charge in [-0.15, -0.1) is 11.3 Å². The Bertz CT molecular complexity index is 866. The number of ether oxygens (including phenoxy) is 1. The van der Waals surface area contributed by atoms with Gasteiger partial charge >= 0.3 is 5.97 Å². The SMILES string of the molecule is CC[C@@H]1CCc2sc(C(=O)OCC(=O)Nc3cccc(C#N)c3)cc2C1. The zero-order valence-corrected chi connectivity index (χ0v) is 15.4. The van der Waals surface area contributed by atoms with E-state index in [-0.39, 0.29) is 6.61 Å². The molecule has 26 heavy (non-hydrogen) atoms. The van der Waals surface area contributed by atoms with Crippen molar-refractivity contribution >= 4 is 28.9 Å². The first-order valence-electron chi connectivity index (χ1n) is 8.67. The third-order valence-electron chi connectivity index (χ3n) is 4.57. The molecule has 3 rings (SSSR count). The summed E-state index contributed by atoms with van der Waals surface area (Å²) in [6.45, 7) is 1.85. The minimum atomic E-state index is -0.460. The van der Waals surface area contributed by atoms with E-state index in [1.807, 2.05) is 12.1 Å². The summed E-state index contributed by atoms with van der Waals surface area (Å²) in [5, 5.41) is 11.5. The van der Waals surface area contributed by atoms with Crippen molar-refractivity contribution in [2.75, 3.05) is 11.9 Å². The van der Waals surface area contributed by atoms with Crippen LogP contribution in [0.25, 0.3) is 0 Å². The van der Waals surface area contributed by atoms with Gasteiger partial charge in [0.2, 0.25) is 0 Å². The van der Waals surface area contributed by atoms with Crippen LogP contribution in [0.3, 0.4) is 0 Å². The van der Waals surface area contributed by atoms with Crippen LogP contribution >= 0.6 is 11.3 Å². The number of nitrogens with zero attached hydrogens (tertiary/aromatic N) is 1. The number of benzene rings is 1. The smallest absolute Gasteiger partial charge is 0.348 e. The molecule has 0 radical (unpaired) electrons. The highest BCUT2D eigenvalue weighted by Crippen LogP contribution is 2.33. The van der Waals surface area contributed by atoms with E-state index in [0.29, 0.717) is 22.0 Å². The predicted octanol–water partition coefficient (Wildman–Crippen LogP) is 3.93. The number of hydrogen-bond donors (Lipinski definition) is 1. The molecule has 0 spiro atoms. The molecule has 1 aromatic carbocycles. The van der Waals surface area contributed by atoms with Crippen LogP contribution in [-0.2, 0) is 22.4 Å². The molecule has 0 bridgehead atoms. The molecule has 1 aromatic heterocycles. The molecule has 1 aliphatic carbocycles. The third kappa shape index (κ3) is 4.30. The number of rotatable bonds is 5. The van der Waals surface area contributed by atoms with Crippen LogP contribution in [0.15, 0.2) is 30.3 Å². The summed E-state index contributed by atoms with van der Waals surface area (Å²) < 4.78 is 5.14. The molecule has 0 saturated carbocycles. The van der Waals surface area contributed by atoms with Crippen molar-refractivity contribution in [1.82, 2.24) is 0 Å². The first-order valence-corrected chi connectivity index (χ1v) is 9.49. The Hall–Kier alpha value is -2.65. The van der Waals surface area contributed by atoms with Crippen LogP contribution in [0.2, 0.25) is 0 Å². The fraction of sp³-hybridized carbons (Fsp3) is 0.350. The number of esters is 1. The minimum absolute atomic E-state index is 0.351. The number of fused-ring (bicyclic) bond motifs is 1. The van der Waals surface area contributed by atoms with Gasteiger partial charge in [-0.1, -0.05) is 19.4 Å². The summed E-state index contributed by atoms with van der Waals surface area (Å²) in [7, 11) is 0. The van der Waals surface area contributed by atoms with Crippen molar-refractivity contribution in [3.63, 3.8) is 0 Å². The van der Waals surface area contributed by atoms with Gasteiger partial charge in [0.25, 0.3) is 5.91 Å². The lowest BCUT2D eigenvalue weighted by molar-refractivity contribution is -0.119. The van der Waals surface area contributed by atoms with E-state index in [2.05, 4.69) is 12.2 Å². The molecule has 5 nitrogen and oxygen atoms in total. The Balaban J connectivity index is 1.55. The standard InChI is InChI=1S/C20H20N2O3S/c1-2-13-6-7-17-15(8-13)10-18(26-17)20(24)25-12-19(23)22-16-5-3-4-14(9-16)11-21/h3-5,9-10,13H,2,6-8,12H2,1H3,(H,22,23)/t13-/m1/s1. The predicted molar refractivity (Wildman–Crippen MR) is 100 cm³/mol. The zero-order chi connectivity index (χ0) is 18.5. The van der Waals surface area contributed by atoms with Gasteiger partial charge in [0, 0.05) is 10.6 Å². The average Bonchev–Trinajstić information content (AvgIpc) is 3.09. The Kier molecular flexibility index (Phi) is 5.69. The van der Waals surface area contributed by atoms with E-state index >= 15 is 0 Å². The number of hydrogen-bond acceptors (Lipinski definition) is 5. The Morgan fingerprint density at radius 3 is 3.00 bits per heavy atom. The van der Waals surface area contributed by atoms with Crippen LogP contribution in [-0.4, -0.2) is 18.5 Å². The second-order valence-corrected chi connectivity index (χ2v) is 7.53. The largest absolute Gasteiger partial charge is 0.451 e. The molecule has 0 saturated heterocycles. The highest BCUT2D eigenvalue weighted by molar-refractivity contribution is 7.14. The number of amides is 1. The molecular weight excluding hydrogens is 348 g/mol. The van der Waals surface area contributed by atoms with E-state index in [1.54, 1.807) is 24.3 Å². The van der Waals surface area contributed by atoms with Crippen molar-refractivity contribution in [2.45, 2.75) is 32.6 Å². The summed E-state index contributed by atoms with van der Waals surface area (Å²) in [6, 6.07) is 10.5. The molecule has 1 aliphatic rings. The number of nitrogens with one attached hydrogen (secondary N) is 1. The summed E-state index contributed by atoms with van der Waals surface area (Å²) in [5.74, 6) is -0.199. The van der Waals surface area contributed by atoms with Gasteiger partial charge in [-0.3, -0.25) is 4.79 Å². The van der Waals surface area contributed by atoms with Gasteiger partial charge in [0.15, 0.2) is 6.61 Å². The highest BCUT2D eigenvalue weighted by atomic mass is 32.1. The van der Waals surface area contributed by atoms with Gasteiger partial charge in [-0.25, -0.2) is 4.79 Å². The lowest BCUT2D eigenvalue weighted by Gasteiger charge is -2.19. The fourth-order valence-electron chi connectivity index (χ4n) is 3.11.